The molecule has 2 aromatic rings. The molecule has 0 fully saturated rings. The standard InChI is InChI=1S/C16H20N2O2S/c1-3-14-10-17-16(21-11-15(19)20)18(14)8-7-13-6-4-5-12(2)9-13/h4-6,9-10H,3,7-8,11H2,1-2H3,(H,19,20). The molecule has 0 saturated heterocycles. The zero-order valence-electron chi connectivity index (χ0n) is 12.4. The van der Waals surface area contributed by atoms with E-state index < -0.39 is 5.97 Å². The smallest absolute Gasteiger partial charge is 0.313 e. The fourth-order valence-corrected chi connectivity index (χ4v) is 3.01. The number of hydrogen-bond donors (Lipinski definition) is 1. The van der Waals surface area contributed by atoms with Crippen LogP contribution in [0.2, 0.25) is 0 Å². The molecule has 0 saturated carbocycles. The van der Waals surface area contributed by atoms with Gasteiger partial charge in [-0.1, -0.05) is 48.5 Å². The monoisotopic (exact) mass is 304 g/mol. The lowest BCUT2D eigenvalue weighted by atomic mass is 10.1. The van der Waals surface area contributed by atoms with E-state index >= 15 is 0 Å². The van der Waals surface area contributed by atoms with Crippen LogP contribution in [0.15, 0.2) is 35.6 Å². The first kappa shape index (κ1) is 15.6. The van der Waals surface area contributed by atoms with Gasteiger partial charge in [0.1, 0.15) is 0 Å². The van der Waals surface area contributed by atoms with E-state index in [1.54, 1.807) is 0 Å². The van der Waals surface area contributed by atoms with Crippen LogP contribution in [0.25, 0.3) is 0 Å². The van der Waals surface area contributed by atoms with Crippen LogP contribution >= 0.6 is 11.8 Å². The number of carbonyl (C=O) groups is 1. The van der Waals surface area contributed by atoms with Crippen LogP contribution in [0.3, 0.4) is 0 Å². The summed E-state index contributed by atoms with van der Waals surface area (Å²) in [5.74, 6) is -0.767. The molecule has 0 spiro atoms. The van der Waals surface area contributed by atoms with Gasteiger partial charge in [-0.15, -0.1) is 0 Å². The Kier molecular flexibility index (Phi) is 5.44. The lowest BCUT2D eigenvalue weighted by Crippen LogP contribution is -2.08. The molecule has 2 rings (SSSR count). The first-order chi connectivity index (χ1) is 10.1. The molecular weight excluding hydrogens is 284 g/mol. The number of rotatable bonds is 7. The van der Waals surface area contributed by atoms with E-state index in [1.165, 1.54) is 22.9 Å². The molecule has 0 bridgehead atoms. The summed E-state index contributed by atoms with van der Waals surface area (Å²) in [6.45, 7) is 5.01. The second kappa shape index (κ2) is 7.31. The number of carboxylic acids is 1. The normalized spacial score (nSPS) is 10.8. The Morgan fingerprint density at radius 3 is 2.90 bits per heavy atom. The molecule has 0 amide bonds. The van der Waals surface area contributed by atoms with Crippen molar-refractivity contribution in [2.75, 3.05) is 5.75 Å². The van der Waals surface area contributed by atoms with Crippen molar-refractivity contribution in [3.63, 3.8) is 0 Å². The third kappa shape index (κ3) is 4.36. The summed E-state index contributed by atoms with van der Waals surface area (Å²) in [6, 6.07) is 8.47. The molecule has 1 aromatic heterocycles. The van der Waals surface area contributed by atoms with Crippen LogP contribution in [0.5, 0.6) is 0 Å². The van der Waals surface area contributed by atoms with Crippen molar-refractivity contribution < 1.29 is 9.90 Å². The highest BCUT2D eigenvalue weighted by Crippen LogP contribution is 2.20. The molecule has 1 aromatic carbocycles. The second-order valence-electron chi connectivity index (χ2n) is 4.96. The minimum atomic E-state index is -0.814. The second-order valence-corrected chi connectivity index (χ2v) is 5.90. The molecule has 0 radical (unpaired) electrons. The van der Waals surface area contributed by atoms with Crippen LogP contribution in [0, 0.1) is 6.92 Å². The van der Waals surface area contributed by atoms with Crippen molar-refractivity contribution in [3.8, 4) is 0 Å². The summed E-state index contributed by atoms with van der Waals surface area (Å²) in [6.07, 6.45) is 3.67. The number of aromatic nitrogens is 2. The number of aryl methyl sites for hydroxylation is 3. The van der Waals surface area contributed by atoms with Gasteiger partial charge in [-0.05, 0) is 25.3 Å². The van der Waals surface area contributed by atoms with Gasteiger partial charge in [0.25, 0.3) is 0 Å². The fraction of sp³-hybridized carbons (Fsp3) is 0.375. The van der Waals surface area contributed by atoms with Crippen LogP contribution in [-0.4, -0.2) is 26.4 Å². The maximum absolute atomic E-state index is 10.7. The molecule has 0 unspecified atom stereocenters. The number of carboxylic acid groups (broad SMARTS) is 1. The van der Waals surface area contributed by atoms with Crippen molar-refractivity contribution >= 4 is 17.7 Å². The maximum atomic E-state index is 10.7. The number of aliphatic carboxylic acids is 1. The lowest BCUT2D eigenvalue weighted by molar-refractivity contribution is -0.133. The van der Waals surface area contributed by atoms with E-state index in [0.29, 0.717) is 0 Å². The number of nitrogens with zero attached hydrogens (tertiary/aromatic N) is 2. The largest absolute Gasteiger partial charge is 0.481 e. The van der Waals surface area contributed by atoms with Crippen molar-refractivity contribution in [2.45, 2.75) is 38.4 Å². The minimum Gasteiger partial charge on any atom is -0.481 e. The average Bonchev–Trinajstić information content (AvgIpc) is 2.85. The highest BCUT2D eigenvalue weighted by molar-refractivity contribution is 7.99. The van der Waals surface area contributed by atoms with Gasteiger partial charge < -0.3 is 9.67 Å². The molecular formula is C16H20N2O2S. The number of benzene rings is 1. The van der Waals surface area contributed by atoms with Gasteiger partial charge in [-0.2, -0.15) is 0 Å². The fourth-order valence-electron chi connectivity index (χ4n) is 2.26. The SMILES string of the molecule is CCc1cnc(SCC(=O)O)n1CCc1cccc(C)c1. The van der Waals surface area contributed by atoms with Gasteiger partial charge in [0.15, 0.2) is 5.16 Å². The number of hydrogen-bond acceptors (Lipinski definition) is 3. The van der Waals surface area contributed by atoms with E-state index in [1.807, 2.05) is 6.20 Å². The predicted octanol–water partition coefficient (Wildman–Crippen LogP) is 3.17. The zero-order chi connectivity index (χ0) is 15.2. The first-order valence-electron chi connectivity index (χ1n) is 7.04. The Labute approximate surface area is 129 Å². The Balaban J connectivity index is 2.10. The number of thioether (sulfide) groups is 1. The molecule has 1 N–H and O–H groups in total. The highest BCUT2D eigenvalue weighted by Gasteiger charge is 2.11. The summed E-state index contributed by atoms with van der Waals surface area (Å²) in [4.78, 5) is 15.1. The molecule has 0 atom stereocenters. The Morgan fingerprint density at radius 2 is 2.24 bits per heavy atom. The molecule has 0 aliphatic carbocycles. The van der Waals surface area contributed by atoms with Gasteiger partial charge in [-0.3, -0.25) is 4.79 Å². The van der Waals surface area contributed by atoms with Crippen molar-refractivity contribution in [2.24, 2.45) is 0 Å². The molecule has 1 heterocycles. The highest BCUT2D eigenvalue weighted by atomic mass is 32.2. The van der Waals surface area contributed by atoms with Crippen LogP contribution in [0.4, 0.5) is 0 Å². The Hall–Kier alpha value is -1.75. The van der Waals surface area contributed by atoms with Crippen LogP contribution in [-0.2, 0) is 24.2 Å². The van der Waals surface area contributed by atoms with Crippen molar-refractivity contribution in [1.82, 2.24) is 9.55 Å². The van der Waals surface area contributed by atoms with Gasteiger partial charge in [0, 0.05) is 18.4 Å². The van der Waals surface area contributed by atoms with E-state index in [-0.39, 0.29) is 5.75 Å². The third-order valence-corrected chi connectivity index (χ3v) is 4.27. The van der Waals surface area contributed by atoms with Crippen LogP contribution < -0.4 is 0 Å². The average molecular weight is 304 g/mol. The summed E-state index contributed by atoms with van der Waals surface area (Å²) >= 11 is 1.28. The number of imidazole rings is 1. The van der Waals surface area contributed by atoms with Crippen LogP contribution in [0.1, 0.15) is 23.7 Å². The minimum absolute atomic E-state index is 0.0462. The molecule has 112 valence electrons. The molecule has 0 aliphatic rings. The molecule has 4 nitrogen and oxygen atoms in total. The summed E-state index contributed by atoms with van der Waals surface area (Å²) in [5.41, 5.74) is 3.70. The summed E-state index contributed by atoms with van der Waals surface area (Å²) in [5, 5.41) is 9.60. The van der Waals surface area contributed by atoms with E-state index in [2.05, 4.69) is 47.7 Å². The van der Waals surface area contributed by atoms with Gasteiger partial charge in [0.05, 0.1) is 5.75 Å². The van der Waals surface area contributed by atoms with E-state index in [4.69, 9.17) is 5.11 Å². The zero-order valence-corrected chi connectivity index (χ0v) is 13.2. The molecule has 5 heteroatoms. The van der Waals surface area contributed by atoms with Gasteiger partial charge in [0.2, 0.25) is 0 Å². The quantitative estimate of drug-likeness (QED) is 0.798. The predicted molar refractivity (Wildman–Crippen MR) is 84.8 cm³/mol. The Morgan fingerprint density at radius 1 is 1.43 bits per heavy atom. The van der Waals surface area contributed by atoms with Crippen molar-refractivity contribution in [3.05, 3.63) is 47.3 Å². The first-order valence-corrected chi connectivity index (χ1v) is 8.03. The van der Waals surface area contributed by atoms with Gasteiger partial charge in [-0.25, -0.2) is 4.98 Å². The Bertz CT molecular complexity index is 622. The van der Waals surface area contributed by atoms with Gasteiger partial charge >= 0.3 is 5.97 Å². The topological polar surface area (TPSA) is 55.1 Å². The van der Waals surface area contributed by atoms with E-state index in [9.17, 15) is 4.79 Å². The van der Waals surface area contributed by atoms with Crippen molar-refractivity contribution in [1.29, 1.82) is 0 Å². The summed E-state index contributed by atoms with van der Waals surface area (Å²) in [7, 11) is 0. The van der Waals surface area contributed by atoms with E-state index in [0.717, 1.165) is 30.2 Å². The maximum Gasteiger partial charge on any atom is 0.313 e. The molecule has 0 aliphatic heterocycles. The lowest BCUT2D eigenvalue weighted by Gasteiger charge is -2.11. The molecule has 21 heavy (non-hydrogen) atoms. The summed E-state index contributed by atoms with van der Waals surface area (Å²) < 4.78 is 2.13. The third-order valence-electron chi connectivity index (χ3n) is 3.30.